The Morgan fingerprint density at radius 3 is 2.96 bits per heavy atom. The summed E-state index contributed by atoms with van der Waals surface area (Å²) in [7, 11) is 0. The van der Waals surface area contributed by atoms with Crippen molar-refractivity contribution in [1.29, 1.82) is 0 Å². The van der Waals surface area contributed by atoms with Crippen LogP contribution in [0.25, 0.3) is 11.0 Å². The second-order valence-electron chi connectivity index (χ2n) is 6.48. The third kappa shape index (κ3) is 3.35. The first kappa shape index (κ1) is 16.4. The molecule has 1 fully saturated rings. The molecule has 0 atom stereocenters. The molecule has 1 aromatic carbocycles. The van der Waals surface area contributed by atoms with Crippen molar-refractivity contribution in [3.63, 3.8) is 0 Å². The molecule has 26 heavy (non-hydrogen) atoms. The number of nitrogens with zero attached hydrogens (tertiary/aromatic N) is 4. The van der Waals surface area contributed by atoms with E-state index in [0.29, 0.717) is 29.7 Å². The normalized spacial score (nSPS) is 13.9. The van der Waals surface area contributed by atoms with E-state index in [1.165, 1.54) is 29.2 Å². The van der Waals surface area contributed by atoms with Gasteiger partial charge < -0.3 is 5.32 Å². The zero-order valence-corrected chi connectivity index (χ0v) is 14.1. The minimum Gasteiger partial charge on any atom is -0.354 e. The third-order valence-electron chi connectivity index (χ3n) is 4.44. The molecule has 134 valence electrons. The Hall–Kier alpha value is -3.03. The summed E-state index contributed by atoms with van der Waals surface area (Å²) in [4.78, 5) is 28.6. The first-order chi connectivity index (χ1) is 12.6. The van der Waals surface area contributed by atoms with E-state index in [1.54, 1.807) is 16.8 Å². The molecule has 3 aromatic rings. The fraction of sp³-hybridized carbons (Fsp3) is 0.333. The van der Waals surface area contributed by atoms with Crippen molar-refractivity contribution in [2.24, 2.45) is 5.92 Å². The van der Waals surface area contributed by atoms with Crippen LogP contribution in [0.3, 0.4) is 0 Å². The van der Waals surface area contributed by atoms with E-state index < -0.39 is 0 Å². The van der Waals surface area contributed by atoms with Crippen molar-refractivity contribution in [3.8, 4) is 0 Å². The number of rotatable bonds is 6. The van der Waals surface area contributed by atoms with Crippen LogP contribution in [0.2, 0.25) is 0 Å². The highest BCUT2D eigenvalue weighted by Gasteiger charge is 2.29. The second kappa shape index (κ2) is 6.70. The number of fused-ring (bicyclic) bond motifs is 1. The molecule has 0 spiro atoms. The number of amides is 1. The average molecular weight is 355 g/mol. The zero-order valence-electron chi connectivity index (χ0n) is 14.1. The van der Waals surface area contributed by atoms with Gasteiger partial charge in [0, 0.05) is 12.5 Å². The molecule has 8 heteroatoms. The number of nitrogens with one attached hydrogen (secondary N) is 1. The molecule has 0 unspecified atom stereocenters. The van der Waals surface area contributed by atoms with E-state index in [0.717, 1.165) is 12.8 Å². The summed E-state index contributed by atoms with van der Waals surface area (Å²) >= 11 is 0. The fourth-order valence-electron chi connectivity index (χ4n) is 2.88. The SMILES string of the molecule is O=C(NCCn1ncc2c(=O)n(Cc3cccc(F)c3)cnc21)C1CC1. The molecular formula is C18H18FN5O2. The van der Waals surface area contributed by atoms with Gasteiger partial charge in [-0.05, 0) is 30.5 Å². The standard InChI is InChI=1S/C18H18FN5O2/c19-14-3-1-2-12(8-14)10-23-11-21-16-15(18(23)26)9-22-24(16)7-6-20-17(25)13-4-5-13/h1-3,8-9,11,13H,4-7,10H2,(H,20,25). The summed E-state index contributed by atoms with van der Waals surface area (Å²) in [5.74, 6) is -0.102. The highest BCUT2D eigenvalue weighted by atomic mass is 19.1. The van der Waals surface area contributed by atoms with Crippen molar-refractivity contribution < 1.29 is 9.18 Å². The predicted molar refractivity (Wildman–Crippen MR) is 93.0 cm³/mol. The van der Waals surface area contributed by atoms with Gasteiger partial charge in [0.15, 0.2) is 5.65 Å². The van der Waals surface area contributed by atoms with Gasteiger partial charge in [0.25, 0.3) is 5.56 Å². The van der Waals surface area contributed by atoms with Crippen LogP contribution >= 0.6 is 0 Å². The molecule has 0 saturated heterocycles. The Morgan fingerprint density at radius 1 is 1.35 bits per heavy atom. The topological polar surface area (TPSA) is 81.8 Å². The third-order valence-corrected chi connectivity index (χ3v) is 4.44. The molecule has 2 aromatic heterocycles. The monoisotopic (exact) mass is 355 g/mol. The molecule has 1 amide bonds. The van der Waals surface area contributed by atoms with Gasteiger partial charge >= 0.3 is 0 Å². The quantitative estimate of drug-likeness (QED) is 0.723. The lowest BCUT2D eigenvalue weighted by Crippen LogP contribution is -2.28. The van der Waals surface area contributed by atoms with Crippen LogP contribution in [-0.2, 0) is 17.9 Å². The minimum atomic E-state index is -0.342. The first-order valence-electron chi connectivity index (χ1n) is 8.55. The van der Waals surface area contributed by atoms with E-state index in [2.05, 4.69) is 15.4 Å². The van der Waals surface area contributed by atoms with Gasteiger partial charge in [-0.3, -0.25) is 14.2 Å². The lowest BCUT2D eigenvalue weighted by molar-refractivity contribution is -0.122. The lowest BCUT2D eigenvalue weighted by Gasteiger charge is -2.07. The molecule has 1 aliphatic carbocycles. The van der Waals surface area contributed by atoms with E-state index in [1.807, 2.05) is 0 Å². The van der Waals surface area contributed by atoms with Crippen LogP contribution in [0.1, 0.15) is 18.4 Å². The lowest BCUT2D eigenvalue weighted by atomic mass is 10.2. The molecule has 0 radical (unpaired) electrons. The number of carbonyl (C=O) groups is 1. The van der Waals surface area contributed by atoms with Crippen molar-refractivity contribution in [3.05, 3.63) is 58.5 Å². The summed E-state index contributed by atoms with van der Waals surface area (Å²) in [5, 5.41) is 7.47. The molecule has 1 aliphatic rings. The molecule has 1 saturated carbocycles. The van der Waals surface area contributed by atoms with Crippen molar-refractivity contribution in [2.45, 2.75) is 25.9 Å². The molecule has 0 bridgehead atoms. The average Bonchev–Trinajstić information content (AvgIpc) is 3.39. The maximum absolute atomic E-state index is 13.3. The van der Waals surface area contributed by atoms with Crippen LogP contribution in [0.5, 0.6) is 0 Å². The molecule has 0 aliphatic heterocycles. The number of aromatic nitrogens is 4. The van der Waals surface area contributed by atoms with Crippen LogP contribution in [0.15, 0.2) is 41.6 Å². The summed E-state index contributed by atoms with van der Waals surface area (Å²) in [6.45, 7) is 1.13. The molecule has 7 nitrogen and oxygen atoms in total. The van der Waals surface area contributed by atoms with Crippen molar-refractivity contribution >= 4 is 16.9 Å². The summed E-state index contributed by atoms with van der Waals surface area (Å²) < 4.78 is 16.3. The van der Waals surface area contributed by atoms with Crippen LogP contribution < -0.4 is 10.9 Å². The van der Waals surface area contributed by atoms with Gasteiger partial charge in [0.2, 0.25) is 5.91 Å². The van der Waals surface area contributed by atoms with Gasteiger partial charge in [-0.2, -0.15) is 5.10 Å². The number of hydrogen-bond donors (Lipinski definition) is 1. The van der Waals surface area contributed by atoms with Crippen LogP contribution in [0.4, 0.5) is 4.39 Å². The van der Waals surface area contributed by atoms with Crippen LogP contribution in [-0.4, -0.2) is 31.8 Å². The minimum absolute atomic E-state index is 0.0758. The van der Waals surface area contributed by atoms with E-state index in [4.69, 9.17) is 0 Å². The number of halogens is 1. The van der Waals surface area contributed by atoms with Gasteiger partial charge in [-0.1, -0.05) is 12.1 Å². The molecule has 2 heterocycles. The van der Waals surface area contributed by atoms with Gasteiger partial charge in [-0.15, -0.1) is 0 Å². The van der Waals surface area contributed by atoms with E-state index in [9.17, 15) is 14.0 Å². The Labute approximate surface area is 148 Å². The summed E-state index contributed by atoms with van der Waals surface area (Å²) in [6, 6.07) is 6.11. The fourth-order valence-corrected chi connectivity index (χ4v) is 2.88. The molecular weight excluding hydrogens is 337 g/mol. The van der Waals surface area contributed by atoms with Crippen molar-refractivity contribution in [2.75, 3.05) is 6.54 Å². The van der Waals surface area contributed by atoms with Crippen molar-refractivity contribution in [1.82, 2.24) is 24.6 Å². The highest BCUT2D eigenvalue weighted by molar-refractivity contribution is 5.80. The first-order valence-corrected chi connectivity index (χ1v) is 8.55. The maximum atomic E-state index is 13.3. The highest BCUT2D eigenvalue weighted by Crippen LogP contribution is 2.28. The number of carbonyl (C=O) groups excluding carboxylic acids is 1. The number of hydrogen-bond acceptors (Lipinski definition) is 4. The Bertz CT molecular complexity index is 1020. The van der Waals surface area contributed by atoms with Crippen LogP contribution in [0, 0.1) is 11.7 Å². The van der Waals surface area contributed by atoms with Gasteiger partial charge in [0.05, 0.1) is 19.3 Å². The van der Waals surface area contributed by atoms with E-state index in [-0.39, 0.29) is 29.7 Å². The van der Waals surface area contributed by atoms with E-state index >= 15 is 0 Å². The number of benzene rings is 1. The zero-order chi connectivity index (χ0) is 18.1. The molecule has 4 rings (SSSR count). The summed E-state index contributed by atoms with van der Waals surface area (Å²) in [5.41, 5.74) is 0.933. The Morgan fingerprint density at radius 2 is 2.19 bits per heavy atom. The Balaban J connectivity index is 1.51. The Kier molecular flexibility index (Phi) is 4.24. The smallest absolute Gasteiger partial charge is 0.264 e. The second-order valence-corrected chi connectivity index (χ2v) is 6.48. The largest absolute Gasteiger partial charge is 0.354 e. The van der Waals surface area contributed by atoms with Gasteiger partial charge in [0.1, 0.15) is 17.5 Å². The molecule has 1 N–H and O–H groups in total. The van der Waals surface area contributed by atoms with Gasteiger partial charge in [-0.25, -0.2) is 14.1 Å². The maximum Gasteiger partial charge on any atom is 0.264 e. The summed E-state index contributed by atoms with van der Waals surface area (Å²) in [6.07, 6.45) is 4.85. The predicted octanol–water partition coefficient (Wildman–Crippen LogP) is 1.31.